The Hall–Kier alpha value is -2.61. The number of primary amides is 1. The van der Waals surface area contributed by atoms with Crippen molar-refractivity contribution in [2.24, 2.45) is 5.73 Å². The fourth-order valence-electron chi connectivity index (χ4n) is 1.96. The van der Waals surface area contributed by atoms with Gasteiger partial charge in [0.15, 0.2) is 5.16 Å². The molecule has 0 bridgehead atoms. The Balaban J connectivity index is 2.02. The number of nitrogens with zero attached hydrogens (tertiary/aromatic N) is 3. The summed E-state index contributed by atoms with van der Waals surface area (Å²) >= 11 is 1.32. The fourth-order valence-corrected chi connectivity index (χ4v) is 2.87. The van der Waals surface area contributed by atoms with Crippen molar-refractivity contribution in [1.29, 1.82) is 0 Å². The first kappa shape index (κ1) is 17.7. The summed E-state index contributed by atoms with van der Waals surface area (Å²) in [6.07, 6.45) is 1.76. The van der Waals surface area contributed by atoms with Crippen LogP contribution in [0.3, 0.4) is 0 Å². The number of rotatable bonds is 7. The molecule has 0 unspecified atom stereocenters. The lowest BCUT2D eigenvalue weighted by atomic mass is 10.2. The summed E-state index contributed by atoms with van der Waals surface area (Å²) in [5, 5.41) is 11.2. The van der Waals surface area contributed by atoms with Crippen molar-refractivity contribution in [2.45, 2.75) is 30.8 Å². The first-order valence-electron chi connectivity index (χ1n) is 7.30. The lowest BCUT2D eigenvalue weighted by molar-refractivity contribution is -0.115. The molecule has 0 aliphatic heterocycles. The highest BCUT2D eigenvalue weighted by atomic mass is 32.2. The molecule has 2 amide bonds. The third-order valence-corrected chi connectivity index (χ3v) is 4.38. The largest absolute Gasteiger partial charge is 0.366 e. The molecule has 1 heterocycles. The number of amides is 2. The number of hydrogen-bond donors (Lipinski definition) is 2. The molecule has 0 radical (unpaired) electrons. The second-order valence-corrected chi connectivity index (χ2v) is 6.43. The van der Waals surface area contributed by atoms with Crippen molar-refractivity contribution in [3.63, 3.8) is 0 Å². The second kappa shape index (κ2) is 7.78. The number of nitrogens with one attached hydrogen (secondary N) is 1. The number of aryl methyl sites for hydroxylation is 1. The lowest BCUT2D eigenvalue weighted by Crippen LogP contribution is -2.23. The molecule has 0 saturated heterocycles. The van der Waals surface area contributed by atoms with Crippen molar-refractivity contribution in [3.8, 4) is 0 Å². The summed E-state index contributed by atoms with van der Waals surface area (Å²) in [5.41, 5.74) is 6.18. The average Bonchev–Trinajstić information content (AvgIpc) is 2.89. The van der Waals surface area contributed by atoms with Gasteiger partial charge in [-0.15, -0.1) is 16.8 Å². The van der Waals surface area contributed by atoms with Crippen molar-refractivity contribution in [1.82, 2.24) is 14.8 Å². The van der Waals surface area contributed by atoms with Crippen LogP contribution in [0, 0.1) is 6.92 Å². The molecule has 1 aromatic heterocycles. The van der Waals surface area contributed by atoms with Gasteiger partial charge in [0.25, 0.3) is 0 Å². The van der Waals surface area contributed by atoms with Gasteiger partial charge < -0.3 is 15.6 Å². The van der Waals surface area contributed by atoms with Crippen LogP contribution in [0.2, 0.25) is 0 Å². The number of benzene rings is 1. The SMILES string of the molecule is C=CCn1c(C)nnc1S[C@H](C)C(=O)Nc1ccc(C(N)=O)cc1. The van der Waals surface area contributed by atoms with Gasteiger partial charge in [0.1, 0.15) is 5.82 Å². The minimum atomic E-state index is -0.506. The molecule has 0 fully saturated rings. The van der Waals surface area contributed by atoms with Crippen LogP contribution in [0.5, 0.6) is 0 Å². The molecule has 2 aromatic rings. The molecule has 1 aromatic carbocycles. The van der Waals surface area contributed by atoms with Gasteiger partial charge in [0.05, 0.1) is 5.25 Å². The molecular weight excluding hydrogens is 326 g/mol. The molecule has 0 saturated carbocycles. The molecule has 0 spiro atoms. The van der Waals surface area contributed by atoms with Gasteiger partial charge in [-0.3, -0.25) is 9.59 Å². The number of anilines is 1. The smallest absolute Gasteiger partial charge is 0.248 e. The van der Waals surface area contributed by atoms with E-state index < -0.39 is 5.91 Å². The molecule has 1 atom stereocenters. The van der Waals surface area contributed by atoms with Gasteiger partial charge in [0, 0.05) is 17.8 Å². The third kappa shape index (κ3) is 4.23. The Labute approximate surface area is 144 Å². The Morgan fingerprint density at radius 2 is 2.04 bits per heavy atom. The van der Waals surface area contributed by atoms with Crippen LogP contribution < -0.4 is 11.1 Å². The maximum absolute atomic E-state index is 12.3. The van der Waals surface area contributed by atoms with Gasteiger partial charge >= 0.3 is 0 Å². The molecule has 7 nitrogen and oxygen atoms in total. The topological polar surface area (TPSA) is 103 Å². The van der Waals surface area contributed by atoms with Crippen LogP contribution in [-0.2, 0) is 11.3 Å². The predicted molar refractivity (Wildman–Crippen MR) is 93.9 cm³/mol. The number of nitrogens with two attached hydrogens (primary N) is 1. The Morgan fingerprint density at radius 1 is 1.38 bits per heavy atom. The summed E-state index contributed by atoms with van der Waals surface area (Å²) in [6.45, 7) is 7.94. The second-order valence-electron chi connectivity index (χ2n) is 5.12. The molecule has 24 heavy (non-hydrogen) atoms. The van der Waals surface area contributed by atoms with E-state index in [9.17, 15) is 9.59 Å². The van der Waals surface area contributed by atoms with E-state index in [2.05, 4.69) is 22.1 Å². The minimum Gasteiger partial charge on any atom is -0.366 e. The Bertz CT molecular complexity index is 754. The van der Waals surface area contributed by atoms with E-state index in [0.29, 0.717) is 23.0 Å². The van der Waals surface area contributed by atoms with E-state index in [4.69, 9.17) is 5.73 Å². The highest BCUT2D eigenvalue weighted by Gasteiger charge is 2.19. The van der Waals surface area contributed by atoms with Crippen LogP contribution in [0.15, 0.2) is 42.1 Å². The van der Waals surface area contributed by atoms with Gasteiger partial charge in [-0.05, 0) is 38.1 Å². The third-order valence-electron chi connectivity index (χ3n) is 3.30. The van der Waals surface area contributed by atoms with E-state index in [-0.39, 0.29) is 11.2 Å². The maximum atomic E-state index is 12.3. The van der Waals surface area contributed by atoms with Crippen molar-refractivity contribution in [2.75, 3.05) is 5.32 Å². The number of thioether (sulfide) groups is 1. The van der Waals surface area contributed by atoms with E-state index in [0.717, 1.165) is 5.82 Å². The van der Waals surface area contributed by atoms with Gasteiger partial charge in [-0.25, -0.2) is 0 Å². The summed E-state index contributed by atoms with van der Waals surface area (Å²) in [4.78, 5) is 23.4. The molecule has 3 N–H and O–H groups in total. The van der Waals surface area contributed by atoms with Crippen molar-refractivity contribution < 1.29 is 9.59 Å². The first-order chi connectivity index (χ1) is 11.4. The number of hydrogen-bond acceptors (Lipinski definition) is 5. The summed E-state index contributed by atoms with van der Waals surface area (Å²) in [7, 11) is 0. The number of carbonyl (C=O) groups is 2. The highest BCUT2D eigenvalue weighted by molar-refractivity contribution is 8.00. The Morgan fingerprint density at radius 3 is 2.62 bits per heavy atom. The first-order valence-corrected chi connectivity index (χ1v) is 8.18. The van der Waals surface area contributed by atoms with E-state index in [1.165, 1.54) is 11.8 Å². The number of aromatic nitrogens is 3. The molecule has 8 heteroatoms. The van der Waals surface area contributed by atoms with Gasteiger partial charge in [-0.1, -0.05) is 17.8 Å². The highest BCUT2D eigenvalue weighted by Crippen LogP contribution is 2.23. The van der Waals surface area contributed by atoms with Crippen LogP contribution in [0.25, 0.3) is 0 Å². The summed E-state index contributed by atoms with van der Waals surface area (Å²) in [5.74, 6) is 0.0957. The maximum Gasteiger partial charge on any atom is 0.248 e. The standard InChI is InChI=1S/C16H19N5O2S/c1-4-9-21-11(3)19-20-16(21)24-10(2)15(23)18-13-7-5-12(6-8-13)14(17)22/h4-8,10H,1,9H2,2-3H3,(H2,17,22)(H,18,23)/t10-/m1/s1. The van der Waals surface area contributed by atoms with Crippen LogP contribution >= 0.6 is 11.8 Å². The van der Waals surface area contributed by atoms with Crippen molar-refractivity contribution >= 4 is 29.3 Å². The zero-order chi connectivity index (χ0) is 17.7. The van der Waals surface area contributed by atoms with E-state index in [1.807, 2.05) is 11.5 Å². The molecule has 126 valence electrons. The lowest BCUT2D eigenvalue weighted by Gasteiger charge is -2.12. The summed E-state index contributed by atoms with van der Waals surface area (Å²) in [6, 6.07) is 6.42. The zero-order valence-corrected chi connectivity index (χ0v) is 14.3. The molecule has 0 aliphatic rings. The van der Waals surface area contributed by atoms with Crippen LogP contribution in [-0.4, -0.2) is 31.8 Å². The van der Waals surface area contributed by atoms with Crippen LogP contribution in [0.4, 0.5) is 5.69 Å². The predicted octanol–water partition coefficient (Wildman–Crippen LogP) is 1.99. The number of allylic oxidation sites excluding steroid dienone is 1. The van der Waals surface area contributed by atoms with Crippen LogP contribution in [0.1, 0.15) is 23.1 Å². The molecule has 2 rings (SSSR count). The number of carbonyl (C=O) groups excluding carboxylic acids is 2. The zero-order valence-electron chi connectivity index (χ0n) is 13.5. The van der Waals surface area contributed by atoms with Gasteiger partial charge in [-0.2, -0.15) is 0 Å². The van der Waals surface area contributed by atoms with Crippen molar-refractivity contribution in [3.05, 3.63) is 48.3 Å². The quantitative estimate of drug-likeness (QED) is 0.590. The Kier molecular flexibility index (Phi) is 5.75. The summed E-state index contributed by atoms with van der Waals surface area (Å²) < 4.78 is 1.89. The van der Waals surface area contributed by atoms with Gasteiger partial charge in [0.2, 0.25) is 11.8 Å². The van der Waals surface area contributed by atoms with E-state index >= 15 is 0 Å². The monoisotopic (exact) mass is 345 g/mol. The normalized spacial score (nSPS) is 11.8. The molecule has 0 aliphatic carbocycles. The van der Waals surface area contributed by atoms with E-state index in [1.54, 1.807) is 37.3 Å². The molecular formula is C16H19N5O2S. The average molecular weight is 345 g/mol. The minimum absolute atomic E-state index is 0.169. The fraction of sp³-hybridized carbons (Fsp3) is 0.250.